The van der Waals surface area contributed by atoms with E-state index in [1.54, 1.807) is 13.3 Å². The van der Waals surface area contributed by atoms with E-state index >= 15 is 0 Å². The number of hydrogen-bond donors (Lipinski definition) is 1. The fourth-order valence-electron chi connectivity index (χ4n) is 5.41. The summed E-state index contributed by atoms with van der Waals surface area (Å²) in [6.45, 7) is 7.80. The van der Waals surface area contributed by atoms with Crippen LogP contribution in [0.25, 0.3) is 0 Å². The minimum absolute atomic E-state index is 0.210. The smallest absolute Gasteiger partial charge is 0.313 e. The molecular formula is C20H31N3O3. The number of anilines is 1. The Kier molecular flexibility index (Phi) is 4.49. The zero-order valence-electron chi connectivity index (χ0n) is 16.3. The second-order valence-corrected chi connectivity index (χ2v) is 8.87. The first-order valence-corrected chi connectivity index (χ1v) is 9.97. The van der Waals surface area contributed by atoms with Gasteiger partial charge >= 0.3 is 5.56 Å². The van der Waals surface area contributed by atoms with Gasteiger partial charge in [0.2, 0.25) is 5.75 Å². The molecule has 4 fully saturated rings. The summed E-state index contributed by atoms with van der Waals surface area (Å²) < 4.78 is 12.6. The highest BCUT2D eigenvalue weighted by Crippen LogP contribution is 2.61. The van der Waals surface area contributed by atoms with Crippen molar-refractivity contribution < 1.29 is 9.47 Å². The van der Waals surface area contributed by atoms with Crippen LogP contribution in [-0.4, -0.2) is 29.5 Å². The molecular weight excluding hydrogens is 330 g/mol. The van der Waals surface area contributed by atoms with Gasteiger partial charge in [0, 0.05) is 12.6 Å². The Labute approximate surface area is 155 Å². The van der Waals surface area contributed by atoms with Crippen molar-refractivity contribution in [3.05, 3.63) is 16.6 Å². The van der Waals surface area contributed by atoms with Crippen LogP contribution in [-0.2, 0) is 4.74 Å². The molecule has 2 heterocycles. The van der Waals surface area contributed by atoms with E-state index in [4.69, 9.17) is 9.47 Å². The summed E-state index contributed by atoms with van der Waals surface area (Å²) in [4.78, 5) is 12.9. The van der Waals surface area contributed by atoms with Gasteiger partial charge in [0.1, 0.15) is 5.69 Å². The number of hydrogen-bond acceptors (Lipinski definition) is 5. The van der Waals surface area contributed by atoms with Crippen LogP contribution in [0.3, 0.4) is 0 Å². The minimum Gasteiger partial charge on any atom is -0.490 e. The maximum absolute atomic E-state index is 12.9. The maximum Gasteiger partial charge on any atom is 0.313 e. The van der Waals surface area contributed by atoms with Crippen molar-refractivity contribution in [3.8, 4) is 5.75 Å². The molecule has 3 aliphatic carbocycles. The average Bonchev–Trinajstić information content (AvgIpc) is 2.64. The third kappa shape index (κ3) is 2.73. The van der Waals surface area contributed by atoms with E-state index < -0.39 is 0 Å². The number of nitrogens with zero attached hydrogens (tertiary/aromatic N) is 2. The zero-order chi connectivity index (χ0) is 18.5. The first-order valence-electron chi connectivity index (χ1n) is 9.97. The van der Waals surface area contributed by atoms with E-state index in [0.29, 0.717) is 35.4 Å². The Morgan fingerprint density at radius 2 is 2.15 bits per heavy atom. The van der Waals surface area contributed by atoms with Crippen LogP contribution in [0.1, 0.15) is 59.1 Å². The van der Waals surface area contributed by atoms with Gasteiger partial charge in [-0.05, 0) is 55.3 Å². The number of fused-ring (bicyclic) bond motifs is 2. The molecule has 1 aliphatic heterocycles. The standard InChI is InChI=1S/C20H31N3O3/c1-12-14-9-13(20(14,2)3)10-15(12)22-16-11-21-23(19(24)18(16)25-4)17-7-5-6-8-26-17/h11-15,17,22H,5-10H2,1-4H3/t12-,13+,14-,15?,17?/m1/s1. The average molecular weight is 361 g/mol. The molecule has 2 unspecified atom stereocenters. The lowest BCUT2D eigenvalue weighted by Crippen LogP contribution is -2.58. The number of nitrogens with one attached hydrogen (secondary N) is 1. The SMILES string of the molecule is COc1c(NC2C[C@@H]3C[C@H]([C@H]2C)C3(C)C)cnn(C2CCCCO2)c1=O. The minimum atomic E-state index is -0.277. The normalized spacial score (nSPS) is 35.5. The van der Waals surface area contributed by atoms with Gasteiger partial charge < -0.3 is 14.8 Å². The molecule has 1 aromatic rings. The zero-order valence-corrected chi connectivity index (χ0v) is 16.3. The van der Waals surface area contributed by atoms with Crippen molar-refractivity contribution in [3.63, 3.8) is 0 Å². The quantitative estimate of drug-likeness (QED) is 0.890. The van der Waals surface area contributed by atoms with E-state index in [2.05, 4.69) is 31.2 Å². The number of aromatic nitrogens is 2. The van der Waals surface area contributed by atoms with Crippen LogP contribution >= 0.6 is 0 Å². The highest BCUT2D eigenvalue weighted by atomic mass is 16.5. The second kappa shape index (κ2) is 6.55. The van der Waals surface area contributed by atoms with Crippen LogP contribution in [0, 0.1) is 23.2 Å². The molecule has 0 radical (unpaired) electrons. The van der Waals surface area contributed by atoms with E-state index in [9.17, 15) is 4.79 Å². The van der Waals surface area contributed by atoms with Crippen LogP contribution in [0.2, 0.25) is 0 Å². The van der Waals surface area contributed by atoms with Gasteiger partial charge in [-0.3, -0.25) is 4.79 Å². The summed E-state index contributed by atoms with van der Waals surface area (Å²) in [5.41, 5.74) is 0.945. The van der Waals surface area contributed by atoms with Gasteiger partial charge in [0.05, 0.1) is 13.3 Å². The third-order valence-corrected chi connectivity index (χ3v) is 7.29. The fraction of sp³-hybridized carbons (Fsp3) is 0.800. The summed E-state index contributed by atoms with van der Waals surface area (Å²) in [7, 11) is 1.55. The van der Waals surface area contributed by atoms with Crippen molar-refractivity contribution in [1.82, 2.24) is 9.78 Å². The molecule has 4 aliphatic rings. The molecule has 6 heteroatoms. The molecule has 1 aromatic heterocycles. The Bertz CT molecular complexity index is 724. The Hall–Kier alpha value is -1.56. The maximum atomic E-state index is 12.9. The second-order valence-electron chi connectivity index (χ2n) is 8.87. The van der Waals surface area contributed by atoms with Crippen LogP contribution < -0.4 is 15.6 Å². The van der Waals surface area contributed by atoms with E-state index in [0.717, 1.165) is 37.5 Å². The highest BCUT2D eigenvalue weighted by Gasteiger charge is 2.56. The van der Waals surface area contributed by atoms with E-state index in [1.807, 2.05) is 0 Å². The number of methoxy groups -OCH3 is 1. The Morgan fingerprint density at radius 1 is 1.35 bits per heavy atom. The topological polar surface area (TPSA) is 65.4 Å². The first-order chi connectivity index (χ1) is 12.4. The predicted octanol–water partition coefficient (Wildman–Crippen LogP) is 3.43. The van der Waals surface area contributed by atoms with Crippen LogP contribution in [0.4, 0.5) is 5.69 Å². The van der Waals surface area contributed by atoms with Crippen molar-refractivity contribution >= 4 is 5.69 Å². The molecule has 2 bridgehead atoms. The Morgan fingerprint density at radius 3 is 2.77 bits per heavy atom. The summed E-state index contributed by atoms with van der Waals surface area (Å²) in [6, 6.07) is 0.364. The number of rotatable bonds is 4. The monoisotopic (exact) mass is 361 g/mol. The fourth-order valence-corrected chi connectivity index (χ4v) is 5.41. The molecule has 144 valence electrons. The molecule has 5 rings (SSSR count). The van der Waals surface area contributed by atoms with E-state index in [-0.39, 0.29) is 11.8 Å². The van der Waals surface area contributed by atoms with Crippen molar-refractivity contribution in [2.45, 2.75) is 65.1 Å². The number of ether oxygens (including phenoxy) is 2. The lowest BCUT2D eigenvalue weighted by atomic mass is 9.45. The largest absolute Gasteiger partial charge is 0.490 e. The molecule has 26 heavy (non-hydrogen) atoms. The van der Waals surface area contributed by atoms with Crippen molar-refractivity contribution in [2.24, 2.45) is 23.2 Å². The molecule has 1 saturated heterocycles. The summed E-state index contributed by atoms with van der Waals surface area (Å²) >= 11 is 0. The first kappa shape index (κ1) is 17.8. The van der Waals surface area contributed by atoms with Crippen LogP contribution in [0.15, 0.2) is 11.0 Å². The lowest BCUT2D eigenvalue weighted by Gasteiger charge is -2.62. The van der Waals surface area contributed by atoms with Crippen LogP contribution in [0.5, 0.6) is 5.75 Å². The molecule has 0 aromatic carbocycles. The molecule has 1 N–H and O–H groups in total. The van der Waals surface area contributed by atoms with Gasteiger partial charge in [0.15, 0.2) is 6.23 Å². The van der Waals surface area contributed by atoms with Gasteiger partial charge in [-0.2, -0.15) is 9.78 Å². The van der Waals surface area contributed by atoms with E-state index in [1.165, 1.54) is 11.1 Å². The van der Waals surface area contributed by atoms with Gasteiger partial charge in [0.25, 0.3) is 0 Å². The Balaban J connectivity index is 1.56. The van der Waals surface area contributed by atoms with Gasteiger partial charge in [-0.25, -0.2) is 0 Å². The molecule has 0 amide bonds. The highest BCUT2D eigenvalue weighted by molar-refractivity contribution is 5.54. The third-order valence-electron chi connectivity index (χ3n) is 7.29. The summed E-state index contributed by atoms with van der Waals surface area (Å²) in [5.74, 6) is 2.42. The van der Waals surface area contributed by atoms with Crippen molar-refractivity contribution in [2.75, 3.05) is 19.0 Å². The predicted molar refractivity (Wildman–Crippen MR) is 100 cm³/mol. The molecule has 5 atom stereocenters. The molecule has 3 saturated carbocycles. The van der Waals surface area contributed by atoms with Gasteiger partial charge in [-0.15, -0.1) is 0 Å². The molecule has 6 nitrogen and oxygen atoms in total. The van der Waals surface area contributed by atoms with Crippen molar-refractivity contribution in [1.29, 1.82) is 0 Å². The van der Waals surface area contributed by atoms with Gasteiger partial charge in [-0.1, -0.05) is 20.8 Å². The summed E-state index contributed by atoms with van der Waals surface area (Å²) in [5, 5.41) is 7.97. The molecule has 0 spiro atoms. The lowest BCUT2D eigenvalue weighted by molar-refractivity contribution is -0.105. The summed E-state index contributed by atoms with van der Waals surface area (Å²) in [6.07, 6.45) is 6.85.